The summed E-state index contributed by atoms with van der Waals surface area (Å²) in [7, 11) is 0. The molecular formula is C10H13F3N2OS. The predicted octanol–water partition coefficient (Wildman–Crippen LogP) is 3.25. The molecule has 2 rings (SSSR count). The van der Waals surface area contributed by atoms with E-state index >= 15 is 0 Å². The van der Waals surface area contributed by atoms with Crippen LogP contribution in [0.3, 0.4) is 0 Å². The molecule has 0 aliphatic carbocycles. The molecule has 0 radical (unpaired) electrons. The standard InChI is InChI=1S/C8H7F3N2OS.C2H6/c1-4-2-3-5(15-4)6-12-7(14-13-6)8(9,10)11;1-2/h2-3,7H,1H3,(H,12,13);1-2H3. The minimum atomic E-state index is -4.47. The molecule has 96 valence electrons. The lowest BCUT2D eigenvalue weighted by molar-refractivity contribution is -0.220. The second kappa shape index (κ2) is 5.50. The van der Waals surface area contributed by atoms with E-state index in [4.69, 9.17) is 0 Å². The van der Waals surface area contributed by atoms with Crippen LogP contribution >= 0.6 is 11.3 Å². The fourth-order valence-electron chi connectivity index (χ4n) is 1.10. The fraction of sp³-hybridized carbons (Fsp3) is 0.500. The normalized spacial score (nSPS) is 19.2. The fourth-order valence-corrected chi connectivity index (χ4v) is 1.91. The van der Waals surface area contributed by atoms with E-state index < -0.39 is 12.4 Å². The molecule has 1 aliphatic heterocycles. The van der Waals surface area contributed by atoms with Gasteiger partial charge in [0.15, 0.2) is 5.84 Å². The first-order valence-corrected chi connectivity index (χ1v) is 5.91. The Bertz CT molecular complexity index is 401. The number of halogens is 3. The third kappa shape index (κ3) is 3.44. The smallest absolute Gasteiger partial charge is 0.245 e. The van der Waals surface area contributed by atoms with Gasteiger partial charge in [0, 0.05) is 4.88 Å². The number of rotatable bonds is 1. The van der Waals surface area contributed by atoms with Crippen LogP contribution in [0.4, 0.5) is 13.2 Å². The maximum Gasteiger partial charge on any atom is 0.437 e. The Morgan fingerprint density at radius 1 is 1.35 bits per heavy atom. The van der Waals surface area contributed by atoms with Crippen molar-refractivity contribution in [1.82, 2.24) is 5.48 Å². The van der Waals surface area contributed by atoms with Crippen LogP contribution in [0.25, 0.3) is 0 Å². The molecule has 1 aromatic heterocycles. The van der Waals surface area contributed by atoms with Crippen molar-refractivity contribution in [3.8, 4) is 0 Å². The molecule has 2 heterocycles. The van der Waals surface area contributed by atoms with E-state index in [0.717, 1.165) is 4.88 Å². The first kappa shape index (κ1) is 14.0. The zero-order chi connectivity index (χ0) is 13.1. The molecule has 0 fully saturated rings. The zero-order valence-corrected chi connectivity index (χ0v) is 10.4. The summed E-state index contributed by atoms with van der Waals surface area (Å²) in [5, 5.41) is 0. The van der Waals surface area contributed by atoms with Crippen LogP contribution in [0, 0.1) is 6.92 Å². The van der Waals surface area contributed by atoms with E-state index in [0.29, 0.717) is 4.88 Å². The molecule has 0 saturated heterocycles. The summed E-state index contributed by atoms with van der Waals surface area (Å²) in [6.07, 6.45) is -6.57. The Labute approximate surface area is 101 Å². The van der Waals surface area contributed by atoms with Crippen molar-refractivity contribution < 1.29 is 18.0 Å². The van der Waals surface area contributed by atoms with E-state index in [2.05, 4.69) is 15.3 Å². The molecule has 1 N–H and O–H groups in total. The van der Waals surface area contributed by atoms with Crippen molar-refractivity contribution in [2.45, 2.75) is 33.2 Å². The van der Waals surface area contributed by atoms with Crippen molar-refractivity contribution in [3.05, 3.63) is 21.9 Å². The topological polar surface area (TPSA) is 33.6 Å². The molecule has 0 bridgehead atoms. The van der Waals surface area contributed by atoms with Crippen LogP contribution in [0.5, 0.6) is 0 Å². The maximum absolute atomic E-state index is 12.2. The Balaban J connectivity index is 0.000000686. The summed E-state index contributed by atoms with van der Waals surface area (Å²) < 4.78 is 36.6. The molecule has 0 spiro atoms. The average molecular weight is 266 g/mol. The van der Waals surface area contributed by atoms with Crippen LogP contribution in [0.15, 0.2) is 17.1 Å². The van der Waals surface area contributed by atoms with Crippen molar-refractivity contribution in [3.63, 3.8) is 0 Å². The summed E-state index contributed by atoms with van der Waals surface area (Å²) in [5.41, 5.74) is 2.18. The molecule has 1 atom stereocenters. The number of hydrogen-bond donors (Lipinski definition) is 1. The molecule has 0 aromatic carbocycles. The first-order chi connectivity index (χ1) is 7.97. The molecule has 0 amide bonds. The summed E-state index contributed by atoms with van der Waals surface area (Å²) in [6, 6.07) is 3.51. The Morgan fingerprint density at radius 2 is 2.00 bits per heavy atom. The monoisotopic (exact) mass is 266 g/mol. The highest BCUT2D eigenvalue weighted by Crippen LogP contribution is 2.27. The van der Waals surface area contributed by atoms with Gasteiger partial charge in [-0.3, -0.25) is 0 Å². The number of thiophene rings is 1. The molecule has 7 heteroatoms. The third-order valence-corrected chi connectivity index (χ3v) is 2.77. The lowest BCUT2D eigenvalue weighted by atomic mass is 10.4. The molecule has 1 aliphatic rings. The molecule has 0 saturated carbocycles. The highest BCUT2D eigenvalue weighted by Gasteiger charge is 2.44. The second-order valence-corrected chi connectivity index (χ2v) is 4.29. The molecule has 3 nitrogen and oxygen atoms in total. The van der Waals surface area contributed by atoms with Gasteiger partial charge in [-0.15, -0.1) is 11.3 Å². The van der Waals surface area contributed by atoms with Crippen molar-refractivity contribution in [2.75, 3.05) is 0 Å². The van der Waals surface area contributed by atoms with Gasteiger partial charge in [0.25, 0.3) is 6.23 Å². The first-order valence-electron chi connectivity index (χ1n) is 5.10. The maximum atomic E-state index is 12.2. The lowest BCUT2D eigenvalue weighted by Crippen LogP contribution is -2.29. The van der Waals surface area contributed by atoms with Gasteiger partial charge in [-0.25, -0.2) is 15.3 Å². The summed E-state index contributed by atoms with van der Waals surface area (Å²) >= 11 is 1.36. The number of hydrogen-bond acceptors (Lipinski definition) is 4. The van der Waals surface area contributed by atoms with Crippen molar-refractivity contribution >= 4 is 17.2 Å². The van der Waals surface area contributed by atoms with E-state index in [1.165, 1.54) is 11.3 Å². The van der Waals surface area contributed by atoms with Gasteiger partial charge < -0.3 is 0 Å². The molecule has 1 unspecified atom stereocenters. The summed E-state index contributed by atoms with van der Waals surface area (Å²) in [5.74, 6) is 0.135. The molecule has 17 heavy (non-hydrogen) atoms. The minimum absolute atomic E-state index is 0.135. The van der Waals surface area contributed by atoms with Gasteiger partial charge in [-0.05, 0) is 19.1 Å². The lowest BCUT2D eigenvalue weighted by Gasteiger charge is -2.08. The van der Waals surface area contributed by atoms with Crippen LogP contribution in [0.1, 0.15) is 23.6 Å². The highest BCUT2D eigenvalue weighted by atomic mass is 32.1. The summed E-state index contributed by atoms with van der Waals surface area (Å²) in [6.45, 7) is 5.87. The summed E-state index contributed by atoms with van der Waals surface area (Å²) in [4.78, 5) is 9.38. The highest BCUT2D eigenvalue weighted by molar-refractivity contribution is 7.14. The van der Waals surface area contributed by atoms with Gasteiger partial charge >= 0.3 is 6.18 Å². The van der Waals surface area contributed by atoms with Crippen LogP contribution in [-0.2, 0) is 4.84 Å². The molecule has 1 aromatic rings. The third-order valence-electron chi connectivity index (χ3n) is 1.77. The number of nitrogens with zero attached hydrogens (tertiary/aromatic N) is 1. The van der Waals surface area contributed by atoms with Gasteiger partial charge in [-0.2, -0.15) is 13.2 Å². The van der Waals surface area contributed by atoms with E-state index in [-0.39, 0.29) is 5.84 Å². The number of aliphatic imine (C=N–C) groups is 1. The van der Waals surface area contributed by atoms with Gasteiger partial charge in [0.2, 0.25) is 0 Å². The van der Waals surface area contributed by atoms with Gasteiger partial charge in [0.05, 0.1) is 4.88 Å². The van der Waals surface area contributed by atoms with E-state index in [1.54, 1.807) is 6.07 Å². The van der Waals surface area contributed by atoms with E-state index in [1.807, 2.05) is 26.8 Å². The van der Waals surface area contributed by atoms with Gasteiger partial charge in [-0.1, -0.05) is 13.8 Å². The minimum Gasteiger partial charge on any atom is -0.245 e. The number of nitrogens with one attached hydrogen (secondary N) is 1. The van der Waals surface area contributed by atoms with Crippen molar-refractivity contribution in [2.24, 2.45) is 4.99 Å². The van der Waals surface area contributed by atoms with Gasteiger partial charge in [0.1, 0.15) is 0 Å². The number of aryl methyl sites for hydroxylation is 1. The Morgan fingerprint density at radius 3 is 2.41 bits per heavy atom. The van der Waals surface area contributed by atoms with E-state index in [9.17, 15) is 13.2 Å². The number of hydroxylamine groups is 1. The Kier molecular flexibility index (Phi) is 4.53. The average Bonchev–Trinajstić information content (AvgIpc) is 2.87. The quantitative estimate of drug-likeness (QED) is 0.846. The molecular weight excluding hydrogens is 253 g/mol. The van der Waals surface area contributed by atoms with Crippen LogP contribution in [-0.4, -0.2) is 18.2 Å². The zero-order valence-electron chi connectivity index (χ0n) is 9.63. The SMILES string of the molecule is CC.Cc1ccc(C2=NC(C(F)(F)F)ON2)s1. The van der Waals surface area contributed by atoms with Crippen molar-refractivity contribution in [1.29, 1.82) is 0 Å². The van der Waals surface area contributed by atoms with Crippen LogP contribution < -0.4 is 5.48 Å². The second-order valence-electron chi connectivity index (χ2n) is 3.00. The van der Waals surface area contributed by atoms with Crippen LogP contribution in [0.2, 0.25) is 0 Å². The predicted molar refractivity (Wildman–Crippen MR) is 61.0 cm³/mol. The number of alkyl halides is 3. The Hall–Kier alpha value is -1.08. The number of amidine groups is 1. The largest absolute Gasteiger partial charge is 0.437 e.